The molecule has 0 aliphatic carbocycles. The lowest BCUT2D eigenvalue weighted by molar-refractivity contribution is -0.141. The lowest BCUT2D eigenvalue weighted by atomic mass is 9.83. The van der Waals surface area contributed by atoms with Crippen LogP contribution in [0.1, 0.15) is 50.5 Å². The smallest absolute Gasteiger partial charge is 0.226 e. The summed E-state index contributed by atoms with van der Waals surface area (Å²) in [6.07, 6.45) is 8.04. The average Bonchev–Trinajstić information content (AvgIpc) is 3.29. The van der Waals surface area contributed by atoms with Gasteiger partial charge in [0.1, 0.15) is 0 Å². The van der Waals surface area contributed by atoms with Gasteiger partial charge in [0.25, 0.3) is 0 Å². The second kappa shape index (κ2) is 9.30. The van der Waals surface area contributed by atoms with E-state index < -0.39 is 10.0 Å². The van der Waals surface area contributed by atoms with Crippen molar-refractivity contribution in [2.24, 2.45) is 5.92 Å². The number of nitrogens with zero attached hydrogens (tertiary/aromatic N) is 3. The van der Waals surface area contributed by atoms with Gasteiger partial charge < -0.3 is 4.90 Å². The molecule has 3 unspecified atom stereocenters. The second-order valence-electron chi connectivity index (χ2n) is 8.61. The Morgan fingerprint density at radius 3 is 2.57 bits per heavy atom. The van der Waals surface area contributed by atoms with Gasteiger partial charge in [0.2, 0.25) is 15.9 Å². The van der Waals surface area contributed by atoms with Gasteiger partial charge in [0, 0.05) is 62.5 Å². The van der Waals surface area contributed by atoms with Crippen LogP contribution in [0.4, 0.5) is 0 Å². The van der Waals surface area contributed by atoms with E-state index in [2.05, 4.69) is 32.9 Å². The summed E-state index contributed by atoms with van der Waals surface area (Å²) >= 11 is 0. The highest BCUT2D eigenvalue weighted by atomic mass is 32.2. The topological polar surface area (TPSA) is 94.6 Å². The zero-order valence-electron chi connectivity index (χ0n) is 17.7. The molecule has 9 heteroatoms. The number of piperidine rings is 2. The zero-order valence-corrected chi connectivity index (χ0v) is 18.5. The molecular weight excluding hydrogens is 402 g/mol. The Balaban J connectivity index is 1.46. The number of pyridine rings is 1. The van der Waals surface area contributed by atoms with Crippen LogP contribution in [0.5, 0.6) is 0 Å². The van der Waals surface area contributed by atoms with Crippen LogP contribution < -0.4 is 10.9 Å². The van der Waals surface area contributed by atoms with E-state index in [1.54, 1.807) is 11.2 Å². The van der Waals surface area contributed by atoms with Gasteiger partial charge in [-0.05, 0) is 56.7 Å². The zero-order chi connectivity index (χ0) is 21.1. The van der Waals surface area contributed by atoms with Crippen LogP contribution in [-0.4, -0.2) is 72.5 Å². The number of hydrogen-bond acceptors (Lipinski definition) is 6. The Morgan fingerprint density at radius 2 is 1.87 bits per heavy atom. The molecule has 3 aliphatic rings. The molecule has 1 aromatic heterocycles. The van der Waals surface area contributed by atoms with E-state index in [0.29, 0.717) is 31.8 Å². The maximum atomic E-state index is 13.5. The maximum Gasteiger partial charge on any atom is 0.226 e. The molecule has 0 aromatic carbocycles. The fourth-order valence-corrected chi connectivity index (χ4v) is 6.35. The number of sulfonamides is 1. The molecule has 4 heterocycles. The molecule has 3 saturated heterocycles. The Labute approximate surface area is 179 Å². The van der Waals surface area contributed by atoms with Gasteiger partial charge in [0.15, 0.2) is 0 Å². The molecule has 0 bridgehead atoms. The molecule has 3 aliphatic heterocycles. The van der Waals surface area contributed by atoms with Crippen molar-refractivity contribution in [2.75, 3.05) is 31.9 Å². The van der Waals surface area contributed by atoms with Crippen molar-refractivity contribution in [3.8, 4) is 0 Å². The number of aromatic nitrogens is 1. The van der Waals surface area contributed by atoms with E-state index in [1.165, 1.54) is 5.56 Å². The molecule has 0 radical (unpaired) electrons. The Hall–Kier alpha value is -1.55. The summed E-state index contributed by atoms with van der Waals surface area (Å²) < 4.78 is 25.8. The van der Waals surface area contributed by atoms with Crippen LogP contribution in [0, 0.1) is 5.92 Å². The van der Waals surface area contributed by atoms with E-state index >= 15 is 0 Å². The number of hydrazine groups is 1. The van der Waals surface area contributed by atoms with Crippen molar-refractivity contribution >= 4 is 15.9 Å². The number of carbonyl (C=O) groups is 1. The minimum Gasteiger partial charge on any atom is -0.338 e. The lowest BCUT2D eigenvalue weighted by Gasteiger charge is -2.43. The van der Waals surface area contributed by atoms with Crippen molar-refractivity contribution in [1.29, 1.82) is 0 Å². The fraction of sp³-hybridized carbons (Fsp3) is 0.714. The van der Waals surface area contributed by atoms with Gasteiger partial charge in [-0.1, -0.05) is 0 Å². The summed E-state index contributed by atoms with van der Waals surface area (Å²) in [5.74, 6) is 0.539. The molecule has 3 atom stereocenters. The highest BCUT2D eigenvalue weighted by molar-refractivity contribution is 7.89. The fourth-order valence-electron chi connectivity index (χ4n) is 5.22. The predicted molar refractivity (Wildman–Crippen MR) is 115 cm³/mol. The van der Waals surface area contributed by atoms with E-state index in [0.717, 1.165) is 32.4 Å². The third-order valence-electron chi connectivity index (χ3n) is 6.97. The Bertz CT molecular complexity index is 826. The van der Waals surface area contributed by atoms with Crippen molar-refractivity contribution in [3.63, 3.8) is 0 Å². The number of carbonyl (C=O) groups excluding carboxylic acids is 1. The first kappa shape index (κ1) is 21.7. The molecule has 30 heavy (non-hydrogen) atoms. The largest absolute Gasteiger partial charge is 0.338 e. The molecule has 3 fully saturated rings. The van der Waals surface area contributed by atoms with Crippen LogP contribution in [0.2, 0.25) is 0 Å². The van der Waals surface area contributed by atoms with Crippen molar-refractivity contribution in [1.82, 2.24) is 25.0 Å². The third-order valence-corrected chi connectivity index (χ3v) is 8.85. The second-order valence-corrected chi connectivity index (χ2v) is 10.9. The summed E-state index contributed by atoms with van der Waals surface area (Å²) in [5, 5.41) is 0. The monoisotopic (exact) mass is 435 g/mol. The number of amides is 1. The van der Waals surface area contributed by atoms with Crippen LogP contribution in [0.3, 0.4) is 0 Å². The summed E-state index contributed by atoms with van der Waals surface area (Å²) in [6.45, 7) is 4.20. The summed E-state index contributed by atoms with van der Waals surface area (Å²) in [6, 6.07) is 4.44. The highest BCUT2D eigenvalue weighted by Gasteiger charge is 2.42. The quantitative estimate of drug-likeness (QED) is 0.719. The Kier molecular flexibility index (Phi) is 6.72. The summed E-state index contributed by atoms with van der Waals surface area (Å²) in [7, 11) is -3.17. The van der Waals surface area contributed by atoms with E-state index in [-0.39, 0.29) is 29.7 Å². The van der Waals surface area contributed by atoms with Gasteiger partial charge in [-0.25, -0.2) is 12.7 Å². The SMILES string of the molecule is CCS(=O)(=O)N1CCC(C(=O)N2CCCCC2C2NNCC2c2ccncc2)CC1. The molecule has 1 aromatic rings. The van der Waals surface area contributed by atoms with Crippen LogP contribution >= 0.6 is 0 Å². The van der Waals surface area contributed by atoms with Crippen molar-refractivity contribution < 1.29 is 13.2 Å². The standard InChI is InChI=1S/C21H33N5O3S/c1-2-30(28,29)25-13-8-17(9-14-25)21(27)26-12-4-3-5-19(26)20-18(15-23-24-20)16-6-10-22-11-7-16/h6-7,10-11,17-20,23-24H,2-5,8-9,12-15H2,1H3. The van der Waals surface area contributed by atoms with E-state index in [1.807, 2.05) is 12.4 Å². The number of likely N-dealkylation sites (tertiary alicyclic amines) is 1. The van der Waals surface area contributed by atoms with E-state index in [4.69, 9.17) is 0 Å². The van der Waals surface area contributed by atoms with Crippen molar-refractivity contribution in [2.45, 2.75) is 57.0 Å². The third kappa shape index (κ3) is 4.39. The molecule has 0 saturated carbocycles. The van der Waals surface area contributed by atoms with Gasteiger partial charge in [-0.3, -0.25) is 20.6 Å². The molecule has 2 N–H and O–H groups in total. The van der Waals surface area contributed by atoms with Crippen molar-refractivity contribution in [3.05, 3.63) is 30.1 Å². The summed E-state index contributed by atoms with van der Waals surface area (Å²) in [4.78, 5) is 19.7. The van der Waals surface area contributed by atoms with E-state index in [9.17, 15) is 13.2 Å². The number of rotatable bonds is 5. The molecule has 166 valence electrons. The first-order valence-electron chi connectivity index (χ1n) is 11.2. The lowest BCUT2D eigenvalue weighted by Crippen LogP contribution is -2.57. The van der Waals surface area contributed by atoms with Gasteiger partial charge >= 0.3 is 0 Å². The molecule has 1 amide bonds. The molecule has 8 nitrogen and oxygen atoms in total. The first-order valence-corrected chi connectivity index (χ1v) is 12.8. The van der Waals surface area contributed by atoms with Crippen LogP contribution in [0.15, 0.2) is 24.5 Å². The van der Waals surface area contributed by atoms with Gasteiger partial charge in [-0.2, -0.15) is 0 Å². The molecule has 0 spiro atoms. The van der Waals surface area contributed by atoms with Crippen LogP contribution in [-0.2, 0) is 14.8 Å². The minimum absolute atomic E-state index is 0.0809. The Morgan fingerprint density at radius 1 is 1.13 bits per heavy atom. The molecule has 4 rings (SSSR count). The normalized spacial score (nSPS) is 29.2. The van der Waals surface area contributed by atoms with Gasteiger partial charge in [-0.15, -0.1) is 0 Å². The minimum atomic E-state index is -3.17. The number of hydrogen-bond donors (Lipinski definition) is 2. The van der Waals surface area contributed by atoms with Gasteiger partial charge in [0.05, 0.1) is 5.75 Å². The average molecular weight is 436 g/mol. The van der Waals surface area contributed by atoms with Crippen LogP contribution in [0.25, 0.3) is 0 Å². The summed E-state index contributed by atoms with van der Waals surface area (Å²) in [5.41, 5.74) is 7.99. The number of nitrogens with one attached hydrogen (secondary N) is 2. The highest BCUT2D eigenvalue weighted by Crippen LogP contribution is 2.33. The predicted octanol–water partition coefficient (Wildman–Crippen LogP) is 1.08. The molecular formula is C21H33N5O3S. The maximum absolute atomic E-state index is 13.5. The first-order chi connectivity index (χ1) is 14.5.